The first-order valence-electron chi connectivity index (χ1n) is 14.7. The summed E-state index contributed by atoms with van der Waals surface area (Å²) >= 11 is 0. The highest BCUT2D eigenvalue weighted by molar-refractivity contribution is 6.17. The smallest absolute Gasteiger partial charge is 0.235 e. The normalized spacial score (nSPS) is 11.6. The predicted molar refractivity (Wildman–Crippen MR) is 180 cm³/mol. The number of para-hydroxylation sites is 2. The van der Waals surface area contributed by atoms with Gasteiger partial charge in [0.15, 0.2) is 0 Å². The summed E-state index contributed by atoms with van der Waals surface area (Å²) in [5.74, 6) is 0.626. The zero-order valence-corrected chi connectivity index (χ0v) is 23.7. The fourth-order valence-corrected chi connectivity index (χ4v) is 6.39. The van der Waals surface area contributed by atoms with Gasteiger partial charge in [-0.2, -0.15) is 0 Å². The van der Waals surface area contributed by atoms with Gasteiger partial charge in [0.05, 0.1) is 16.7 Å². The molecular weight excluding hydrogens is 538 g/mol. The zero-order valence-electron chi connectivity index (χ0n) is 23.7. The Morgan fingerprint density at radius 1 is 0.432 bits per heavy atom. The van der Waals surface area contributed by atoms with Crippen molar-refractivity contribution in [3.63, 3.8) is 0 Å². The quantitative estimate of drug-likeness (QED) is 0.214. The van der Waals surface area contributed by atoms with Crippen molar-refractivity contribution in [3.8, 4) is 39.5 Å². The van der Waals surface area contributed by atoms with Crippen molar-refractivity contribution in [1.29, 1.82) is 0 Å². The third-order valence-electron chi connectivity index (χ3n) is 8.48. The predicted octanol–water partition coefficient (Wildman–Crippen LogP) is 10.5. The molecule has 0 aliphatic rings. The van der Waals surface area contributed by atoms with Crippen molar-refractivity contribution in [2.24, 2.45) is 0 Å². The molecule has 0 N–H and O–H groups in total. The Morgan fingerprint density at radius 3 is 1.93 bits per heavy atom. The van der Waals surface area contributed by atoms with E-state index < -0.39 is 0 Å². The summed E-state index contributed by atoms with van der Waals surface area (Å²) in [7, 11) is 0. The summed E-state index contributed by atoms with van der Waals surface area (Å²) in [4.78, 5) is 9.91. The number of aromatic nitrogens is 3. The van der Waals surface area contributed by atoms with Crippen LogP contribution in [0.15, 0.2) is 156 Å². The molecule has 0 aliphatic heterocycles. The molecule has 4 heteroatoms. The van der Waals surface area contributed by atoms with Gasteiger partial charge in [0.1, 0.15) is 11.2 Å². The van der Waals surface area contributed by atoms with Gasteiger partial charge in [0, 0.05) is 39.4 Å². The molecule has 3 aromatic heterocycles. The Bertz CT molecular complexity index is 2510. The lowest BCUT2D eigenvalue weighted by Gasteiger charge is -2.10. The molecule has 44 heavy (non-hydrogen) atoms. The van der Waals surface area contributed by atoms with Crippen molar-refractivity contribution < 1.29 is 4.42 Å². The number of benzene rings is 6. The Kier molecular flexibility index (Phi) is 5.47. The number of hydrogen-bond donors (Lipinski definition) is 0. The average molecular weight is 564 g/mol. The van der Waals surface area contributed by atoms with Gasteiger partial charge in [-0.25, -0.2) is 9.97 Å². The molecule has 3 heterocycles. The van der Waals surface area contributed by atoms with Crippen LogP contribution in [-0.4, -0.2) is 14.5 Å². The van der Waals surface area contributed by atoms with Gasteiger partial charge >= 0.3 is 0 Å². The second kappa shape index (κ2) is 9.79. The van der Waals surface area contributed by atoms with Crippen molar-refractivity contribution in [2.45, 2.75) is 0 Å². The lowest BCUT2D eigenvalue weighted by Crippen LogP contribution is -2.01. The maximum Gasteiger partial charge on any atom is 0.235 e. The molecule has 0 bridgehead atoms. The maximum atomic E-state index is 6.28. The van der Waals surface area contributed by atoms with Crippen LogP contribution in [0.1, 0.15) is 0 Å². The van der Waals surface area contributed by atoms with E-state index in [4.69, 9.17) is 14.4 Å². The fourth-order valence-electron chi connectivity index (χ4n) is 6.39. The lowest BCUT2D eigenvalue weighted by molar-refractivity contribution is 0.669. The van der Waals surface area contributed by atoms with Crippen LogP contribution < -0.4 is 0 Å². The largest absolute Gasteiger partial charge is 0.456 e. The molecule has 206 valence electrons. The first kappa shape index (κ1) is 24.6. The van der Waals surface area contributed by atoms with Crippen LogP contribution in [0.2, 0.25) is 0 Å². The van der Waals surface area contributed by atoms with Crippen molar-refractivity contribution in [3.05, 3.63) is 152 Å². The van der Waals surface area contributed by atoms with Crippen LogP contribution in [0, 0.1) is 0 Å². The van der Waals surface area contributed by atoms with Gasteiger partial charge in [0.25, 0.3) is 0 Å². The zero-order chi connectivity index (χ0) is 29.0. The molecule has 0 saturated carbocycles. The standard InChI is InChI=1S/C40H25N3O/c1-2-10-26(11-3-1)27-12-8-13-28(22-27)29-14-9-15-30(23-29)35-20-21-41-40(42-35)43-36-18-6-4-16-31(36)33-24-34-32-17-5-7-19-38(32)44-39(34)25-37(33)43/h1-25H. The van der Waals surface area contributed by atoms with Crippen LogP contribution in [0.4, 0.5) is 0 Å². The number of furan rings is 1. The summed E-state index contributed by atoms with van der Waals surface area (Å²) in [6.45, 7) is 0. The molecule has 0 spiro atoms. The molecule has 0 fully saturated rings. The van der Waals surface area contributed by atoms with E-state index >= 15 is 0 Å². The average Bonchev–Trinajstić information content (AvgIpc) is 3.62. The van der Waals surface area contributed by atoms with Gasteiger partial charge in [-0.3, -0.25) is 4.57 Å². The third-order valence-corrected chi connectivity index (χ3v) is 8.48. The van der Waals surface area contributed by atoms with Gasteiger partial charge < -0.3 is 4.42 Å². The molecule has 9 rings (SSSR count). The highest BCUT2D eigenvalue weighted by atomic mass is 16.3. The summed E-state index contributed by atoms with van der Waals surface area (Å²) in [5, 5.41) is 4.53. The van der Waals surface area contributed by atoms with Gasteiger partial charge in [-0.05, 0) is 58.7 Å². The minimum atomic E-state index is 0.626. The van der Waals surface area contributed by atoms with E-state index in [1.54, 1.807) is 0 Å². The molecule has 0 radical (unpaired) electrons. The Labute approximate surface area is 253 Å². The van der Waals surface area contributed by atoms with Crippen LogP contribution in [0.3, 0.4) is 0 Å². The monoisotopic (exact) mass is 563 g/mol. The molecule has 0 aliphatic carbocycles. The highest BCUT2D eigenvalue weighted by Crippen LogP contribution is 2.38. The fraction of sp³-hybridized carbons (Fsp3) is 0. The number of nitrogens with zero attached hydrogens (tertiary/aromatic N) is 3. The van der Waals surface area contributed by atoms with E-state index in [1.165, 1.54) is 16.7 Å². The van der Waals surface area contributed by atoms with Crippen LogP contribution in [0.5, 0.6) is 0 Å². The maximum absolute atomic E-state index is 6.28. The molecule has 6 aromatic carbocycles. The van der Waals surface area contributed by atoms with Crippen molar-refractivity contribution >= 4 is 43.7 Å². The molecule has 4 nitrogen and oxygen atoms in total. The first-order chi connectivity index (χ1) is 21.8. The van der Waals surface area contributed by atoms with Gasteiger partial charge in [0.2, 0.25) is 5.95 Å². The summed E-state index contributed by atoms with van der Waals surface area (Å²) in [6, 6.07) is 50.7. The topological polar surface area (TPSA) is 43.9 Å². The van der Waals surface area contributed by atoms with Crippen molar-refractivity contribution in [2.75, 3.05) is 0 Å². The van der Waals surface area contributed by atoms with E-state index in [0.717, 1.165) is 60.6 Å². The van der Waals surface area contributed by atoms with Gasteiger partial charge in [-0.1, -0.05) is 103 Å². The Hall–Kier alpha value is -6.00. The minimum Gasteiger partial charge on any atom is -0.456 e. The van der Waals surface area contributed by atoms with Crippen LogP contribution in [0.25, 0.3) is 83.2 Å². The molecule has 0 amide bonds. The Balaban J connectivity index is 1.18. The molecule has 0 saturated heterocycles. The highest BCUT2D eigenvalue weighted by Gasteiger charge is 2.18. The number of fused-ring (bicyclic) bond motifs is 6. The SMILES string of the molecule is c1ccc(-c2cccc(-c3cccc(-c4ccnc(-n5c6ccccc6c6cc7c(cc65)oc5ccccc57)n4)c3)c2)cc1. The second-order valence-electron chi connectivity index (χ2n) is 11.1. The van der Waals surface area contributed by atoms with E-state index in [2.05, 4.69) is 126 Å². The van der Waals surface area contributed by atoms with Gasteiger partial charge in [-0.15, -0.1) is 0 Å². The van der Waals surface area contributed by atoms with Crippen molar-refractivity contribution in [1.82, 2.24) is 14.5 Å². The molecular formula is C40H25N3O. The van der Waals surface area contributed by atoms with E-state index in [1.807, 2.05) is 30.5 Å². The number of hydrogen-bond acceptors (Lipinski definition) is 3. The third kappa shape index (κ3) is 3.92. The van der Waals surface area contributed by atoms with E-state index in [9.17, 15) is 0 Å². The van der Waals surface area contributed by atoms with Crippen LogP contribution >= 0.6 is 0 Å². The van der Waals surface area contributed by atoms with E-state index in [-0.39, 0.29) is 0 Å². The first-order valence-corrected chi connectivity index (χ1v) is 14.7. The van der Waals surface area contributed by atoms with Crippen LogP contribution in [-0.2, 0) is 0 Å². The molecule has 0 unspecified atom stereocenters. The summed E-state index contributed by atoms with van der Waals surface area (Å²) < 4.78 is 8.42. The van der Waals surface area contributed by atoms with E-state index in [0.29, 0.717) is 5.95 Å². The molecule has 0 atom stereocenters. The summed E-state index contributed by atoms with van der Waals surface area (Å²) in [5.41, 5.74) is 10.4. The number of rotatable bonds is 4. The Morgan fingerprint density at radius 2 is 1.09 bits per heavy atom. The molecule has 9 aromatic rings. The minimum absolute atomic E-state index is 0.626. The summed E-state index contributed by atoms with van der Waals surface area (Å²) in [6.07, 6.45) is 1.85. The second-order valence-corrected chi connectivity index (χ2v) is 11.1. The lowest BCUT2D eigenvalue weighted by atomic mass is 9.97.